The maximum atomic E-state index is 13.6. The number of anilines is 1. The Kier molecular flexibility index (Phi) is 7.32. The normalized spacial score (nSPS) is 19.6. The van der Waals surface area contributed by atoms with Gasteiger partial charge in [0.2, 0.25) is 5.91 Å². The predicted octanol–water partition coefficient (Wildman–Crippen LogP) is 0.559. The number of hydrogen-bond acceptors (Lipinski definition) is 8. The first-order valence-corrected chi connectivity index (χ1v) is 14.1. The van der Waals surface area contributed by atoms with Gasteiger partial charge in [-0.25, -0.2) is 23.2 Å². The van der Waals surface area contributed by atoms with Gasteiger partial charge < -0.3 is 25.3 Å². The van der Waals surface area contributed by atoms with Crippen molar-refractivity contribution >= 4 is 45.0 Å². The van der Waals surface area contributed by atoms with Crippen LogP contribution < -0.4 is 10.6 Å². The van der Waals surface area contributed by atoms with Gasteiger partial charge in [0.25, 0.3) is 5.91 Å². The SMILES string of the molecule is CN1C=C2C(=O)N(N3CCN(C(=O)[C@H](NC(=O)Nc4ccc(Cl)cc4)C(C)(C)S(C)(=O)=O)CC3)CN2C1. The second-order valence-electron chi connectivity index (χ2n) is 9.99. The van der Waals surface area contributed by atoms with Crippen molar-refractivity contribution in [2.45, 2.75) is 24.6 Å². The molecule has 12 nitrogen and oxygen atoms in total. The van der Waals surface area contributed by atoms with Crippen molar-refractivity contribution in [1.29, 1.82) is 0 Å². The minimum absolute atomic E-state index is 0.0826. The molecular formula is C23H32ClN7O5S. The van der Waals surface area contributed by atoms with Gasteiger partial charge in [-0.1, -0.05) is 11.6 Å². The molecule has 4 amide bonds. The largest absolute Gasteiger partial charge is 0.361 e. The van der Waals surface area contributed by atoms with Crippen LogP contribution in [0.15, 0.2) is 36.2 Å². The van der Waals surface area contributed by atoms with Gasteiger partial charge in [0.1, 0.15) is 18.4 Å². The molecule has 0 aliphatic carbocycles. The molecule has 4 rings (SSSR count). The van der Waals surface area contributed by atoms with Crippen LogP contribution in [0.5, 0.6) is 0 Å². The zero-order valence-corrected chi connectivity index (χ0v) is 22.8. The molecule has 1 aromatic carbocycles. The number of nitrogens with one attached hydrogen (secondary N) is 2. The van der Waals surface area contributed by atoms with E-state index in [2.05, 4.69) is 10.6 Å². The summed E-state index contributed by atoms with van der Waals surface area (Å²) in [5.41, 5.74) is 1.09. The van der Waals surface area contributed by atoms with E-state index in [1.54, 1.807) is 29.3 Å². The van der Waals surface area contributed by atoms with E-state index in [1.165, 1.54) is 18.7 Å². The van der Waals surface area contributed by atoms with Crippen LogP contribution in [0.2, 0.25) is 5.02 Å². The molecule has 2 saturated heterocycles. The number of hydrazine groups is 1. The lowest BCUT2D eigenvalue weighted by Gasteiger charge is -2.42. The third kappa shape index (κ3) is 5.48. The Morgan fingerprint density at radius 1 is 1.05 bits per heavy atom. The number of sulfone groups is 1. The average Bonchev–Trinajstić information content (AvgIpc) is 3.34. The fourth-order valence-corrected chi connectivity index (χ4v) is 5.20. The molecule has 2 N–H and O–H groups in total. The molecule has 0 bridgehead atoms. The van der Waals surface area contributed by atoms with E-state index in [0.29, 0.717) is 42.8 Å². The summed E-state index contributed by atoms with van der Waals surface area (Å²) in [6, 6.07) is 4.35. The lowest BCUT2D eigenvalue weighted by atomic mass is 10.0. The van der Waals surface area contributed by atoms with E-state index < -0.39 is 32.6 Å². The van der Waals surface area contributed by atoms with Crippen LogP contribution in [0.25, 0.3) is 0 Å². The summed E-state index contributed by atoms with van der Waals surface area (Å²) in [6.45, 7) is 5.28. The number of fused-ring (bicyclic) bond motifs is 1. The van der Waals surface area contributed by atoms with Gasteiger partial charge in [-0.05, 0) is 38.1 Å². The van der Waals surface area contributed by atoms with Crippen LogP contribution in [0.3, 0.4) is 0 Å². The second-order valence-corrected chi connectivity index (χ2v) is 13.0. The quantitative estimate of drug-likeness (QED) is 0.523. The molecule has 1 atom stereocenters. The van der Waals surface area contributed by atoms with E-state index in [4.69, 9.17) is 11.6 Å². The Morgan fingerprint density at radius 3 is 2.24 bits per heavy atom. The number of hydrogen-bond donors (Lipinski definition) is 2. The van der Waals surface area contributed by atoms with Gasteiger partial charge in [0.05, 0.1) is 11.4 Å². The van der Waals surface area contributed by atoms with E-state index in [-0.39, 0.29) is 19.0 Å². The number of carbonyl (C=O) groups excluding carboxylic acids is 3. The lowest BCUT2D eigenvalue weighted by Crippen LogP contribution is -2.64. The summed E-state index contributed by atoms with van der Waals surface area (Å²) in [6.07, 6.45) is 2.86. The fourth-order valence-electron chi connectivity index (χ4n) is 4.48. The molecule has 1 aromatic rings. The number of carbonyl (C=O) groups is 3. The van der Waals surface area contributed by atoms with Crippen molar-refractivity contribution < 1.29 is 22.8 Å². The van der Waals surface area contributed by atoms with E-state index in [1.807, 2.05) is 28.1 Å². The van der Waals surface area contributed by atoms with E-state index in [9.17, 15) is 22.8 Å². The maximum absolute atomic E-state index is 13.6. The molecule has 3 aliphatic heterocycles. The van der Waals surface area contributed by atoms with Crippen molar-refractivity contribution in [2.24, 2.45) is 0 Å². The third-order valence-corrected chi connectivity index (χ3v) is 9.42. The predicted molar refractivity (Wildman–Crippen MR) is 139 cm³/mol. The highest BCUT2D eigenvalue weighted by molar-refractivity contribution is 7.92. The van der Waals surface area contributed by atoms with Crippen molar-refractivity contribution in [3.8, 4) is 0 Å². The third-order valence-electron chi connectivity index (χ3n) is 7.02. The van der Waals surface area contributed by atoms with Gasteiger partial charge >= 0.3 is 6.03 Å². The van der Waals surface area contributed by atoms with Crippen LogP contribution in [-0.2, 0) is 19.4 Å². The Morgan fingerprint density at radius 2 is 1.68 bits per heavy atom. The molecule has 202 valence electrons. The molecular weight excluding hydrogens is 522 g/mol. The van der Waals surface area contributed by atoms with Crippen LogP contribution in [0.1, 0.15) is 13.8 Å². The van der Waals surface area contributed by atoms with Crippen LogP contribution in [0.4, 0.5) is 10.5 Å². The highest BCUT2D eigenvalue weighted by Gasteiger charge is 2.47. The standard InChI is InChI=1S/C23H32ClN7O5S/c1-23(2,37(4,35)36)19(26-22(34)25-17-7-5-16(24)6-8-17)21(33)28-9-11-30(12-10-28)31-15-29-14-27(3)13-18(29)20(31)32/h5-8,13,19H,9-12,14-15H2,1-4H3,(H2,25,26,34)/t19-/m0/s1. The van der Waals surface area contributed by atoms with Crippen molar-refractivity contribution in [1.82, 2.24) is 30.0 Å². The summed E-state index contributed by atoms with van der Waals surface area (Å²) >= 11 is 5.88. The van der Waals surface area contributed by atoms with Crippen LogP contribution >= 0.6 is 11.6 Å². The number of piperazine rings is 1. The molecule has 3 heterocycles. The van der Waals surface area contributed by atoms with Gasteiger partial charge in [-0.2, -0.15) is 0 Å². The zero-order chi connectivity index (χ0) is 27.1. The van der Waals surface area contributed by atoms with Crippen molar-refractivity contribution in [2.75, 3.05) is 58.1 Å². The highest BCUT2D eigenvalue weighted by atomic mass is 35.5. The van der Waals surface area contributed by atoms with E-state index in [0.717, 1.165) is 6.26 Å². The first-order chi connectivity index (χ1) is 17.3. The van der Waals surface area contributed by atoms with Crippen LogP contribution in [-0.4, -0.2) is 115 Å². The summed E-state index contributed by atoms with van der Waals surface area (Å²) < 4.78 is 23.7. The van der Waals surface area contributed by atoms with Crippen molar-refractivity contribution in [3.63, 3.8) is 0 Å². The number of rotatable bonds is 6. The first-order valence-electron chi connectivity index (χ1n) is 11.8. The Bertz CT molecular complexity index is 1210. The molecule has 0 aromatic heterocycles. The molecule has 3 aliphatic rings. The fraction of sp³-hybridized carbons (Fsp3) is 0.522. The minimum atomic E-state index is -3.74. The summed E-state index contributed by atoms with van der Waals surface area (Å²) in [5.74, 6) is -0.584. The van der Waals surface area contributed by atoms with Crippen LogP contribution in [0, 0.1) is 0 Å². The Labute approximate surface area is 221 Å². The molecule has 37 heavy (non-hydrogen) atoms. The van der Waals surface area contributed by atoms with Gasteiger partial charge in [-0.3, -0.25) is 9.59 Å². The number of benzene rings is 1. The maximum Gasteiger partial charge on any atom is 0.319 e. The summed E-state index contributed by atoms with van der Waals surface area (Å²) in [7, 11) is -1.83. The zero-order valence-electron chi connectivity index (χ0n) is 21.3. The van der Waals surface area contributed by atoms with Gasteiger partial charge in [-0.15, -0.1) is 0 Å². The Hall–Kier alpha value is -3.03. The number of halogens is 1. The highest BCUT2D eigenvalue weighted by Crippen LogP contribution is 2.27. The molecule has 2 fully saturated rings. The first kappa shape index (κ1) is 27.0. The average molecular weight is 554 g/mol. The molecule has 0 radical (unpaired) electrons. The second kappa shape index (κ2) is 10.0. The number of amides is 4. The smallest absolute Gasteiger partial charge is 0.319 e. The topological polar surface area (TPSA) is 126 Å². The number of nitrogens with zero attached hydrogens (tertiary/aromatic N) is 5. The molecule has 0 spiro atoms. The van der Waals surface area contributed by atoms with E-state index >= 15 is 0 Å². The van der Waals surface area contributed by atoms with Crippen molar-refractivity contribution in [3.05, 3.63) is 41.2 Å². The minimum Gasteiger partial charge on any atom is -0.361 e. The van der Waals surface area contributed by atoms with Gasteiger partial charge in [0, 0.05) is 56.4 Å². The Balaban J connectivity index is 1.44. The van der Waals surface area contributed by atoms with Gasteiger partial charge in [0.15, 0.2) is 9.84 Å². The number of urea groups is 1. The summed E-state index contributed by atoms with van der Waals surface area (Å²) in [5, 5.41) is 9.27. The molecule has 0 saturated carbocycles. The molecule has 0 unspecified atom stereocenters. The molecule has 14 heteroatoms. The summed E-state index contributed by atoms with van der Waals surface area (Å²) in [4.78, 5) is 44.6. The monoisotopic (exact) mass is 553 g/mol. The lowest BCUT2D eigenvalue weighted by molar-refractivity contribution is -0.149.